The second-order valence-electron chi connectivity index (χ2n) is 7.09. The Kier molecular flexibility index (Phi) is 8.56. The molecule has 0 fully saturated rings. The molecule has 0 atom stereocenters. The number of primary sulfonamides is 1. The summed E-state index contributed by atoms with van der Waals surface area (Å²) >= 11 is 9.81. The Bertz CT molecular complexity index is 1170. The van der Waals surface area contributed by atoms with Crippen molar-refractivity contribution in [3.8, 4) is 11.5 Å². The van der Waals surface area contributed by atoms with Crippen LogP contribution >= 0.6 is 27.5 Å². The third-order valence-corrected chi connectivity index (χ3v) is 6.87. The molecule has 0 heterocycles. The largest absolute Gasteiger partial charge is 0.493 e. The van der Waals surface area contributed by atoms with Crippen molar-refractivity contribution >= 4 is 37.6 Å². The van der Waals surface area contributed by atoms with E-state index in [1.165, 1.54) is 12.1 Å². The Hall–Kier alpha value is -2.10. The molecule has 0 bridgehead atoms. The van der Waals surface area contributed by atoms with E-state index >= 15 is 0 Å². The molecule has 0 unspecified atom stereocenters. The normalized spacial score (nSPS) is 11.4. The van der Waals surface area contributed by atoms with Gasteiger partial charge in [-0.3, -0.25) is 0 Å². The number of nitrogens with one attached hydrogen (secondary N) is 1. The minimum atomic E-state index is -3.67. The van der Waals surface area contributed by atoms with Crippen LogP contribution < -0.4 is 19.9 Å². The molecule has 0 aliphatic heterocycles. The molecule has 3 aromatic rings. The van der Waals surface area contributed by atoms with Gasteiger partial charge in [-0.2, -0.15) is 0 Å². The first-order valence-corrected chi connectivity index (χ1v) is 12.5. The summed E-state index contributed by atoms with van der Waals surface area (Å²) in [5, 5.41) is 9.17. The third-order valence-electron chi connectivity index (χ3n) is 4.83. The Labute approximate surface area is 201 Å². The number of rotatable bonds is 10. The average molecular weight is 540 g/mol. The van der Waals surface area contributed by atoms with Crippen molar-refractivity contribution < 1.29 is 17.9 Å². The molecular weight excluding hydrogens is 516 g/mol. The van der Waals surface area contributed by atoms with Gasteiger partial charge in [0.25, 0.3) is 0 Å². The Morgan fingerprint density at radius 1 is 1.03 bits per heavy atom. The van der Waals surface area contributed by atoms with Gasteiger partial charge in [0, 0.05) is 21.6 Å². The summed E-state index contributed by atoms with van der Waals surface area (Å²) in [6.45, 7) is 1.68. The number of methoxy groups -OCH3 is 1. The lowest BCUT2D eigenvalue weighted by molar-refractivity contribution is 0.284. The van der Waals surface area contributed by atoms with Crippen molar-refractivity contribution in [2.24, 2.45) is 5.14 Å². The van der Waals surface area contributed by atoms with E-state index in [4.69, 9.17) is 26.2 Å². The van der Waals surface area contributed by atoms with Crippen LogP contribution in [0.15, 0.2) is 70.0 Å². The van der Waals surface area contributed by atoms with Gasteiger partial charge in [0.1, 0.15) is 6.61 Å². The average Bonchev–Trinajstić information content (AvgIpc) is 2.77. The highest BCUT2D eigenvalue weighted by Gasteiger charge is 2.12. The lowest BCUT2D eigenvalue weighted by Gasteiger charge is -2.15. The SMILES string of the molecule is COc1cc(CNCCc2ccc(S(N)(=O)=O)cc2)c(Br)cc1OCc1ccccc1Cl. The van der Waals surface area contributed by atoms with Gasteiger partial charge >= 0.3 is 0 Å². The van der Waals surface area contributed by atoms with E-state index < -0.39 is 10.0 Å². The molecule has 0 spiro atoms. The van der Waals surface area contributed by atoms with E-state index in [-0.39, 0.29) is 4.90 Å². The molecule has 3 N–H and O–H groups in total. The van der Waals surface area contributed by atoms with Crippen LogP contribution in [0.1, 0.15) is 16.7 Å². The number of ether oxygens (including phenoxy) is 2. The Balaban J connectivity index is 1.57. The van der Waals surface area contributed by atoms with Gasteiger partial charge in [0.05, 0.1) is 12.0 Å². The minimum Gasteiger partial charge on any atom is -0.493 e. The Morgan fingerprint density at radius 2 is 1.75 bits per heavy atom. The lowest BCUT2D eigenvalue weighted by Crippen LogP contribution is -2.17. The first-order chi connectivity index (χ1) is 15.3. The second-order valence-corrected chi connectivity index (χ2v) is 9.91. The molecule has 9 heteroatoms. The van der Waals surface area contributed by atoms with Gasteiger partial charge in [-0.1, -0.05) is 57.9 Å². The quantitative estimate of drug-likeness (QED) is 0.366. The van der Waals surface area contributed by atoms with Crippen LogP contribution in [-0.4, -0.2) is 22.1 Å². The van der Waals surface area contributed by atoms with E-state index in [1.807, 2.05) is 36.4 Å². The zero-order valence-electron chi connectivity index (χ0n) is 17.5. The maximum Gasteiger partial charge on any atom is 0.238 e. The Morgan fingerprint density at radius 3 is 2.41 bits per heavy atom. The number of nitrogens with two attached hydrogens (primary N) is 1. The van der Waals surface area contributed by atoms with Crippen molar-refractivity contribution in [1.82, 2.24) is 5.32 Å². The molecule has 0 saturated heterocycles. The van der Waals surface area contributed by atoms with Gasteiger partial charge in [-0.25, -0.2) is 13.6 Å². The predicted molar refractivity (Wildman–Crippen MR) is 130 cm³/mol. The zero-order valence-corrected chi connectivity index (χ0v) is 20.6. The maximum absolute atomic E-state index is 11.3. The molecule has 170 valence electrons. The van der Waals surface area contributed by atoms with Crippen LogP contribution in [-0.2, 0) is 29.6 Å². The summed E-state index contributed by atoms with van der Waals surface area (Å²) in [5.41, 5.74) is 2.94. The molecule has 0 amide bonds. The summed E-state index contributed by atoms with van der Waals surface area (Å²) in [7, 11) is -2.06. The fourth-order valence-electron chi connectivity index (χ4n) is 3.06. The molecule has 3 aromatic carbocycles. The predicted octanol–water partition coefficient (Wildman–Crippen LogP) is 4.67. The van der Waals surface area contributed by atoms with Crippen LogP contribution in [0.5, 0.6) is 11.5 Å². The van der Waals surface area contributed by atoms with Crippen LogP contribution in [0.4, 0.5) is 0 Å². The van der Waals surface area contributed by atoms with Crippen molar-refractivity contribution in [3.05, 3.63) is 86.8 Å². The number of halogens is 2. The number of hydrogen-bond donors (Lipinski definition) is 2. The topological polar surface area (TPSA) is 90.6 Å². The third kappa shape index (κ3) is 6.70. The molecule has 0 aliphatic carbocycles. The second kappa shape index (κ2) is 11.2. The standard InChI is InChI=1S/C23H24BrClN2O4S/c1-30-22-12-18(14-27-11-10-16-6-8-19(9-7-16)32(26,28)29)20(24)13-23(22)31-15-17-4-2-3-5-21(17)25/h2-9,12-13,27H,10-11,14-15H2,1H3,(H2,26,28,29). The highest BCUT2D eigenvalue weighted by Crippen LogP contribution is 2.34. The molecule has 0 aliphatic rings. The highest BCUT2D eigenvalue weighted by molar-refractivity contribution is 9.10. The summed E-state index contributed by atoms with van der Waals surface area (Å²) in [6.07, 6.45) is 0.749. The highest BCUT2D eigenvalue weighted by atomic mass is 79.9. The van der Waals surface area contributed by atoms with Gasteiger partial charge in [0.2, 0.25) is 10.0 Å². The van der Waals surface area contributed by atoms with Gasteiger partial charge < -0.3 is 14.8 Å². The fourth-order valence-corrected chi connectivity index (χ4v) is 4.23. The summed E-state index contributed by atoms with van der Waals surface area (Å²) in [4.78, 5) is 0.113. The molecule has 0 aromatic heterocycles. The minimum absolute atomic E-state index is 0.113. The van der Waals surface area contributed by atoms with E-state index in [0.29, 0.717) is 36.2 Å². The van der Waals surface area contributed by atoms with Crippen LogP contribution in [0.2, 0.25) is 5.02 Å². The van der Waals surface area contributed by atoms with E-state index in [2.05, 4.69) is 21.2 Å². The first-order valence-electron chi connectivity index (χ1n) is 9.83. The number of sulfonamides is 1. The monoisotopic (exact) mass is 538 g/mol. The molecule has 6 nitrogen and oxygen atoms in total. The zero-order chi connectivity index (χ0) is 23.1. The molecule has 0 radical (unpaired) electrons. The lowest BCUT2D eigenvalue weighted by atomic mass is 10.1. The molecule has 32 heavy (non-hydrogen) atoms. The number of hydrogen-bond acceptors (Lipinski definition) is 5. The first kappa shape index (κ1) is 24.5. The number of benzene rings is 3. The summed E-state index contributed by atoms with van der Waals surface area (Å²) < 4.78 is 35.0. The van der Waals surface area contributed by atoms with E-state index in [9.17, 15) is 8.42 Å². The van der Waals surface area contributed by atoms with Crippen molar-refractivity contribution in [2.75, 3.05) is 13.7 Å². The molecular formula is C23H24BrClN2O4S. The van der Waals surface area contributed by atoms with Gasteiger partial charge in [0.15, 0.2) is 11.5 Å². The molecule has 0 saturated carbocycles. The smallest absolute Gasteiger partial charge is 0.238 e. The van der Waals surface area contributed by atoms with Crippen molar-refractivity contribution in [3.63, 3.8) is 0 Å². The fraction of sp³-hybridized carbons (Fsp3) is 0.217. The van der Waals surface area contributed by atoms with Crippen LogP contribution in [0.25, 0.3) is 0 Å². The summed E-state index contributed by atoms with van der Waals surface area (Å²) in [6, 6.07) is 17.9. The van der Waals surface area contributed by atoms with E-state index in [1.54, 1.807) is 19.2 Å². The summed E-state index contributed by atoms with van der Waals surface area (Å²) in [5.74, 6) is 1.26. The van der Waals surface area contributed by atoms with Crippen molar-refractivity contribution in [1.29, 1.82) is 0 Å². The van der Waals surface area contributed by atoms with Crippen LogP contribution in [0, 0.1) is 0 Å². The van der Waals surface area contributed by atoms with Gasteiger partial charge in [-0.05, 0) is 54.4 Å². The van der Waals surface area contributed by atoms with Crippen LogP contribution in [0.3, 0.4) is 0 Å². The molecule has 3 rings (SSSR count). The maximum atomic E-state index is 11.3. The van der Waals surface area contributed by atoms with E-state index in [0.717, 1.165) is 27.6 Å². The van der Waals surface area contributed by atoms with Crippen molar-refractivity contribution in [2.45, 2.75) is 24.5 Å². The van der Waals surface area contributed by atoms with Gasteiger partial charge in [-0.15, -0.1) is 0 Å².